The lowest BCUT2D eigenvalue weighted by molar-refractivity contribution is 0.545. The van der Waals surface area contributed by atoms with Gasteiger partial charge in [-0.05, 0) is 24.6 Å². The summed E-state index contributed by atoms with van der Waals surface area (Å²) >= 11 is 13.3. The van der Waals surface area contributed by atoms with E-state index in [1.807, 2.05) is 19.1 Å². The maximum Gasteiger partial charge on any atom is 0.127 e. The monoisotopic (exact) mass is 303 g/mol. The number of rotatable bonds is 4. The van der Waals surface area contributed by atoms with Crippen LogP contribution in [0.4, 0.5) is 4.39 Å². The lowest BCUT2D eigenvalue weighted by atomic mass is 10.1. The fraction of sp³-hybridized carbons (Fsp3) is 0.231. The molecule has 2 rings (SSSR count). The summed E-state index contributed by atoms with van der Waals surface area (Å²) in [4.78, 5) is 0. The van der Waals surface area contributed by atoms with Crippen LogP contribution in [0.5, 0.6) is 0 Å². The average Bonchev–Trinajstić information content (AvgIpc) is 2.67. The van der Waals surface area contributed by atoms with Crippen molar-refractivity contribution < 1.29 is 4.39 Å². The number of thiophene rings is 1. The van der Waals surface area contributed by atoms with Gasteiger partial charge in [-0.3, -0.25) is 0 Å². The number of hydrogen-bond donors (Lipinski definition) is 1. The van der Waals surface area contributed by atoms with Crippen molar-refractivity contribution in [2.45, 2.75) is 19.5 Å². The van der Waals surface area contributed by atoms with E-state index in [-0.39, 0.29) is 11.9 Å². The topological polar surface area (TPSA) is 12.0 Å². The Bertz CT molecular complexity index is 542. The highest BCUT2D eigenvalue weighted by Gasteiger charge is 2.13. The minimum atomic E-state index is -0.202. The van der Waals surface area contributed by atoms with Crippen LogP contribution in [0, 0.1) is 5.82 Å². The fourth-order valence-corrected chi connectivity index (χ4v) is 3.31. The van der Waals surface area contributed by atoms with E-state index in [0.717, 1.165) is 5.56 Å². The molecule has 0 aliphatic rings. The van der Waals surface area contributed by atoms with E-state index in [9.17, 15) is 4.39 Å². The molecular formula is C13H12Cl2FNS. The van der Waals surface area contributed by atoms with Crippen molar-refractivity contribution in [1.82, 2.24) is 5.32 Å². The van der Waals surface area contributed by atoms with Crippen molar-refractivity contribution in [2.75, 3.05) is 0 Å². The third-order valence-corrected chi connectivity index (χ3v) is 4.22. The summed E-state index contributed by atoms with van der Waals surface area (Å²) in [6, 6.07) is 8.58. The predicted molar refractivity (Wildman–Crippen MR) is 76.0 cm³/mol. The van der Waals surface area contributed by atoms with Gasteiger partial charge in [0.05, 0.1) is 8.67 Å². The molecule has 0 bridgehead atoms. The molecule has 0 radical (unpaired) electrons. The Balaban J connectivity index is 2.03. The molecule has 0 saturated carbocycles. The van der Waals surface area contributed by atoms with Gasteiger partial charge in [0.1, 0.15) is 5.82 Å². The summed E-state index contributed by atoms with van der Waals surface area (Å²) in [7, 11) is 0. The minimum Gasteiger partial charge on any atom is -0.306 e. The molecule has 18 heavy (non-hydrogen) atoms. The highest BCUT2D eigenvalue weighted by Crippen LogP contribution is 2.34. The zero-order valence-corrected chi connectivity index (χ0v) is 12.0. The van der Waals surface area contributed by atoms with Crippen molar-refractivity contribution in [1.29, 1.82) is 0 Å². The molecule has 0 aliphatic heterocycles. The third-order valence-electron chi connectivity index (χ3n) is 2.71. The summed E-state index contributed by atoms with van der Waals surface area (Å²) < 4.78 is 14.8. The first-order valence-electron chi connectivity index (χ1n) is 5.49. The van der Waals surface area contributed by atoms with Crippen molar-refractivity contribution >= 4 is 34.5 Å². The zero-order valence-electron chi connectivity index (χ0n) is 9.71. The maximum absolute atomic E-state index is 13.4. The molecule has 1 unspecified atom stereocenters. The lowest BCUT2D eigenvalue weighted by Crippen LogP contribution is -2.18. The second-order valence-electron chi connectivity index (χ2n) is 3.97. The molecule has 0 saturated heterocycles. The molecule has 1 heterocycles. The summed E-state index contributed by atoms with van der Waals surface area (Å²) in [5.74, 6) is -0.202. The quantitative estimate of drug-likeness (QED) is 0.834. The summed E-state index contributed by atoms with van der Waals surface area (Å²) in [5, 5.41) is 3.23. The second-order valence-corrected chi connectivity index (χ2v) is 6.26. The molecule has 1 atom stereocenters. The van der Waals surface area contributed by atoms with E-state index in [4.69, 9.17) is 23.2 Å². The van der Waals surface area contributed by atoms with E-state index >= 15 is 0 Å². The van der Waals surface area contributed by atoms with Crippen LogP contribution in [0.3, 0.4) is 0 Å². The zero-order chi connectivity index (χ0) is 13.1. The van der Waals surface area contributed by atoms with Gasteiger partial charge >= 0.3 is 0 Å². The molecule has 1 N–H and O–H groups in total. The number of halogens is 3. The summed E-state index contributed by atoms with van der Waals surface area (Å²) in [6.45, 7) is 2.43. The predicted octanol–water partition coefficient (Wildman–Crippen LogP) is 5.04. The Hall–Kier alpha value is -0.610. The molecule has 1 aromatic heterocycles. The molecule has 0 fully saturated rings. The van der Waals surface area contributed by atoms with Gasteiger partial charge in [0.15, 0.2) is 0 Å². The molecule has 1 aromatic carbocycles. The van der Waals surface area contributed by atoms with Gasteiger partial charge in [-0.15, -0.1) is 11.3 Å². The van der Waals surface area contributed by atoms with Crippen molar-refractivity contribution in [3.05, 3.63) is 55.9 Å². The largest absolute Gasteiger partial charge is 0.306 e. The SMILES string of the molecule is CC(NCc1ccccc1F)c1cc(Cl)sc1Cl. The normalized spacial score (nSPS) is 12.7. The molecule has 1 nitrogen and oxygen atoms in total. The lowest BCUT2D eigenvalue weighted by Gasteiger charge is -2.13. The highest BCUT2D eigenvalue weighted by molar-refractivity contribution is 7.20. The first-order chi connectivity index (χ1) is 8.58. The molecule has 2 aromatic rings. The Kier molecular flexibility index (Phi) is 4.62. The standard InChI is InChI=1S/C13H12Cl2FNS/c1-8(10-6-12(14)18-13(10)15)17-7-9-4-2-3-5-11(9)16/h2-6,8,17H,7H2,1H3. The van der Waals surface area contributed by atoms with Crippen molar-refractivity contribution in [3.63, 3.8) is 0 Å². The summed E-state index contributed by atoms with van der Waals surface area (Å²) in [6.07, 6.45) is 0. The Morgan fingerprint density at radius 2 is 2.06 bits per heavy atom. The highest BCUT2D eigenvalue weighted by atomic mass is 35.5. The maximum atomic E-state index is 13.4. The van der Waals surface area contributed by atoms with Crippen molar-refractivity contribution in [3.8, 4) is 0 Å². The number of hydrogen-bond acceptors (Lipinski definition) is 2. The number of nitrogens with one attached hydrogen (secondary N) is 1. The van der Waals surface area contributed by atoms with Crippen LogP contribution in [0.25, 0.3) is 0 Å². The van der Waals surface area contributed by atoms with Gasteiger partial charge in [0, 0.05) is 18.2 Å². The number of benzene rings is 1. The molecule has 0 spiro atoms. The average molecular weight is 304 g/mol. The Labute approximate surface area is 120 Å². The van der Waals surface area contributed by atoms with Crippen LogP contribution in [-0.4, -0.2) is 0 Å². The van der Waals surface area contributed by atoms with Gasteiger partial charge < -0.3 is 5.32 Å². The first kappa shape index (κ1) is 13.8. The molecular weight excluding hydrogens is 292 g/mol. The van der Waals surface area contributed by atoms with Gasteiger partial charge in [0.2, 0.25) is 0 Å². The smallest absolute Gasteiger partial charge is 0.127 e. The van der Waals surface area contributed by atoms with E-state index in [2.05, 4.69) is 5.32 Å². The Morgan fingerprint density at radius 3 is 2.67 bits per heavy atom. The molecule has 0 aliphatic carbocycles. The fourth-order valence-electron chi connectivity index (χ4n) is 1.66. The second kappa shape index (κ2) is 6.02. The van der Waals surface area contributed by atoms with E-state index in [1.54, 1.807) is 12.1 Å². The third kappa shape index (κ3) is 3.23. The van der Waals surface area contributed by atoms with Crippen LogP contribution in [-0.2, 0) is 6.54 Å². The minimum absolute atomic E-state index is 0.0286. The van der Waals surface area contributed by atoms with E-state index in [0.29, 0.717) is 20.8 Å². The van der Waals surface area contributed by atoms with Gasteiger partial charge in [-0.1, -0.05) is 41.4 Å². The van der Waals surface area contributed by atoms with Gasteiger partial charge in [-0.25, -0.2) is 4.39 Å². The van der Waals surface area contributed by atoms with E-state index in [1.165, 1.54) is 17.4 Å². The Morgan fingerprint density at radius 1 is 1.33 bits per heavy atom. The van der Waals surface area contributed by atoms with Crippen LogP contribution in [0.2, 0.25) is 8.67 Å². The molecule has 96 valence electrons. The summed E-state index contributed by atoms with van der Waals surface area (Å²) in [5.41, 5.74) is 1.59. The van der Waals surface area contributed by atoms with Crippen LogP contribution in [0.1, 0.15) is 24.1 Å². The first-order valence-corrected chi connectivity index (χ1v) is 7.06. The molecule has 0 amide bonds. The molecule has 5 heteroatoms. The van der Waals surface area contributed by atoms with Gasteiger partial charge in [0.25, 0.3) is 0 Å². The van der Waals surface area contributed by atoms with Crippen LogP contribution >= 0.6 is 34.5 Å². The van der Waals surface area contributed by atoms with Crippen molar-refractivity contribution in [2.24, 2.45) is 0 Å². The van der Waals surface area contributed by atoms with Gasteiger partial charge in [-0.2, -0.15) is 0 Å². The van der Waals surface area contributed by atoms with Crippen LogP contribution in [0.15, 0.2) is 30.3 Å². The van der Waals surface area contributed by atoms with E-state index < -0.39 is 0 Å². The van der Waals surface area contributed by atoms with Crippen LogP contribution < -0.4 is 5.32 Å².